The highest BCUT2D eigenvalue weighted by molar-refractivity contribution is 5.94. The number of nitrogens with two attached hydrogens (primary N) is 3. The molecule has 2 heterocycles. The van der Waals surface area contributed by atoms with E-state index in [1.54, 1.807) is 30.5 Å². The molecule has 2 aromatic heterocycles. The van der Waals surface area contributed by atoms with Crippen LogP contribution in [0, 0.1) is 0 Å². The molecule has 0 saturated heterocycles. The van der Waals surface area contributed by atoms with Crippen molar-refractivity contribution < 1.29 is 24.0 Å². The molecule has 11 N–H and O–H groups in total. The van der Waals surface area contributed by atoms with Crippen LogP contribution in [0.2, 0.25) is 0 Å². The van der Waals surface area contributed by atoms with Crippen LogP contribution in [-0.2, 0) is 43.2 Å². The van der Waals surface area contributed by atoms with Gasteiger partial charge in [-0.2, -0.15) is 0 Å². The van der Waals surface area contributed by atoms with E-state index in [4.69, 9.17) is 17.2 Å². The number of aromatic amines is 2. The number of guanidine groups is 1. The molecular formula is C34H43N11O5. The molecule has 4 aromatic rings. The van der Waals surface area contributed by atoms with Crippen LogP contribution < -0.4 is 33.2 Å². The summed E-state index contributed by atoms with van der Waals surface area (Å²) in [5, 5.41) is 8.98. The molecule has 0 aliphatic carbocycles. The summed E-state index contributed by atoms with van der Waals surface area (Å²) in [6.45, 7) is 1.04. The third-order valence-corrected chi connectivity index (χ3v) is 7.87. The Morgan fingerprint density at radius 3 is 2.28 bits per heavy atom. The average molecular weight is 686 g/mol. The molecule has 0 aliphatic heterocycles. The quantitative estimate of drug-likeness (QED) is 0.0379. The number of carbonyl (C=O) groups is 5. The average Bonchev–Trinajstić information content (AvgIpc) is 3.75. The number of rotatable bonds is 18. The zero-order valence-corrected chi connectivity index (χ0v) is 27.7. The fraction of sp³-hybridized carbons (Fsp3) is 0.324. The van der Waals surface area contributed by atoms with Crippen LogP contribution in [0.15, 0.2) is 78.3 Å². The van der Waals surface area contributed by atoms with E-state index in [-0.39, 0.29) is 44.7 Å². The molecule has 2 aromatic carbocycles. The van der Waals surface area contributed by atoms with Crippen molar-refractivity contribution in [1.29, 1.82) is 0 Å². The molecule has 264 valence electrons. The van der Waals surface area contributed by atoms with Gasteiger partial charge in [0.15, 0.2) is 5.96 Å². The number of hydrogen-bond donors (Lipinski definition) is 8. The zero-order chi connectivity index (χ0) is 36.0. The van der Waals surface area contributed by atoms with Crippen molar-refractivity contribution in [3.8, 4) is 0 Å². The molecule has 5 amide bonds. The predicted molar refractivity (Wildman–Crippen MR) is 187 cm³/mol. The van der Waals surface area contributed by atoms with E-state index in [9.17, 15) is 24.0 Å². The number of aliphatic imine (C=N–C) groups is 1. The van der Waals surface area contributed by atoms with E-state index in [1.165, 1.54) is 24.3 Å². The van der Waals surface area contributed by atoms with Crippen molar-refractivity contribution in [3.63, 3.8) is 0 Å². The van der Waals surface area contributed by atoms with Gasteiger partial charge in [-0.05, 0) is 23.6 Å². The first-order valence-electron chi connectivity index (χ1n) is 16.1. The zero-order valence-electron chi connectivity index (χ0n) is 27.7. The molecule has 16 nitrogen and oxygen atoms in total. The Bertz CT molecular complexity index is 1790. The highest BCUT2D eigenvalue weighted by Crippen LogP contribution is 2.19. The highest BCUT2D eigenvalue weighted by Gasteiger charge is 2.31. The van der Waals surface area contributed by atoms with Crippen LogP contribution in [0.4, 0.5) is 0 Å². The van der Waals surface area contributed by atoms with E-state index in [2.05, 4.69) is 35.9 Å². The summed E-state index contributed by atoms with van der Waals surface area (Å²) < 4.78 is 0. The summed E-state index contributed by atoms with van der Waals surface area (Å²) in [7, 11) is 0. The van der Waals surface area contributed by atoms with E-state index in [0.717, 1.165) is 22.0 Å². The van der Waals surface area contributed by atoms with Crippen LogP contribution in [0.1, 0.15) is 30.2 Å². The second-order valence-electron chi connectivity index (χ2n) is 11.8. The largest absolute Gasteiger partial charge is 0.370 e. The minimum atomic E-state index is -1.14. The Kier molecular flexibility index (Phi) is 13.1. The number of H-pyrrole nitrogens is 2. The molecule has 50 heavy (non-hydrogen) atoms. The molecule has 0 aliphatic rings. The van der Waals surface area contributed by atoms with Gasteiger partial charge in [0.05, 0.1) is 12.9 Å². The van der Waals surface area contributed by atoms with Crippen molar-refractivity contribution in [2.24, 2.45) is 22.2 Å². The lowest BCUT2D eigenvalue weighted by atomic mass is 10.0. The molecule has 4 rings (SSSR count). The Labute approximate surface area is 288 Å². The number of fused-ring (bicyclic) bond motifs is 1. The number of imidazole rings is 1. The summed E-state index contributed by atoms with van der Waals surface area (Å²) in [5.74, 6) is -3.13. The van der Waals surface area contributed by atoms with Gasteiger partial charge in [0.2, 0.25) is 29.5 Å². The van der Waals surface area contributed by atoms with Crippen LogP contribution in [-0.4, -0.2) is 93.1 Å². The summed E-state index contributed by atoms with van der Waals surface area (Å²) in [6, 6.07) is 13.3. The number of nitrogens with one attached hydrogen (secondary N) is 5. The smallest absolute Gasteiger partial charge is 0.245 e. The molecular weight excluding hydrogens is 642 g/mol. The predicted octanol–water partition coefficient (Wildman–Crippen LogP) is -0.629. The first-order chi connectivity index (χ1) is 24.0. The van der Waals surface area contributed by atoms with Gasteiger partial charge >= 0.3 is 0 Å². The van der Waals surface area contributed by atoms with E-state index < -0.39 is 54.2 Å². The molecule has 0 fully saturated rings. The number of aromatic nitrogens is 3. The van der Waals surface area contributed by atoms with Gasteiger partial charge in [0.25, 0.3) is 0 Å². The number of primary amides is 1. The maximum absolute atomic E-state index is 14.3. The van der Waals surface area contributed by atoms with Crippen molar-refractivity contribution in [3.05, 3.63) is 90.1 Å². The first kappa shape index (κ1) is 36.6. The van der Waals surface area contributed by atoms with Gasteiger partial charge < -0.3 is 48.0 Å². The monoisotopic (exact) mass is 685 g/mol. The highest BCUT2D eigenvalue weighted by atomic mass is 16.2. The van der Waals surface area contributed by atoms with Crippen LogP contribution in [0.25, 0.3) is 10.9 Å². The molecule has 0 bridgehead atoms. The SMILES string of the molecule is CC(=O)N[C@@H](Cc1cnc[nH]1)C(=O)N[C@@H](Cc1ccccc1)C(=O)N(CCCN=C(N)N)CC(=O)N[C@@H](Cc1c[nH]c2ccccc12)C(N)=O. The van der Waals surface area contributed by atoms with Crippen LogP contribution in [0.5, 0.6) is 0 Å². The fourth-order valence-corrected chi connectivity index (χ4v) is 5.51. The van der Waals surface area contributed by atoms with Crippen LogP contribution in [0.3, 0.4) is 0 Å². The molecule has 0 spiro atoms. The van der Waals surface area contributed by atoms with E-state index >= 15 is 0 Å². The lowest BCUT2D eigenvalue weighted by molar-refractivity contribution is -0.140. The van der Waals surface area contributed by atoms with Crippen molar-refractivity contribution in [2.45, 2.75) is 50.7 Å². The van der Waals surface area contributed by atoms with E-state index in [1.807, 2.05) is 30.3 Å². The van der Waals surface area contributed by atoms with Crippen molar-refractivity contribution in [1.82, 2.24) is 35.8 Å². The Hall–Kier alpha value is -6.19. The lowest BCUT2D eigenvalue weighted by Crippen LogP contribution is -2.57. The summed E-state index contributed by atoms with van der Waals surface area (Å²) in [5.41, 5.74) is 19.6. The fourth-order valence-electron chi connectivity index (χ4n) is 5.51. The van der Waals surface area contributed by atoms with Gasteiger partial charge in [-0.15, -0.1) is 0 Å². The minimum Gasteiger partial charge on any atom is -0.370 e. The minimum absolute atomic E-state index is 0.0388. The van der Waals surface area contributed by atoms with E-state index in [0.29, 0.717) is 5.69 Å². The van der Waals surface area contributed by atoms with Crippen molar-refractivity contribution >= 4 is 46.4 Å². The molecule has 16 heteroatoms. The number of para-hydroxylation sites is 1. The lowest BCUT2D eigenvalue weighted by Gasteiger charge is -2.29. The topological polar surface area (TPSA) is 260 Å². The first-order valence-corrected chi connectivity index (χ1v) is 16.1. The third-order valence-electron chi connectivity index (χ3n) is 7.87. The molecule has 0 unspecified atom stereocenters. The Morgan fingerprint density at radius 2 is 1.60 bits per heavy atom. The van der Waals surface area contributed by atoms with Gasteiger partial charge in [-0.1, -0.05) is 48.5 Å². The van der Waals surface area contributed by atoms with Gasteiger partial charge in [-0.3, -0.25) is 29.0 Å². The summed E-state index contributed by atoms with van der Waals surface area (Å²) >= 11 is 0. The Morgan fingerprint density at radius 1 is 0.860 bits per heavy atom. The number of amides is 5. The third kappa shape index (κ3) is 10.9. The molecule has 0 saturated carbocycles. The normalized spacial score (nSPS) is 12.7. The maximum atomic E-state index is 14.3. The number of benzene rings is 2. The van der Waals surface area contributed by atoms with Crippen LogP contribution >= 0.6 is 0 Å². The second kappa shape index (κ2) is 17.8. The maximum Gasteiger partial charge on any atom is 0.245 e. The van der Waals surface area contributed by atoms with Gasteiger partial charge in [0.1, 0.15) is 18.1 Å². The molecule has 3 atom stereocenters. The second-order valence-corrected chi connectivity index (χ2v) is 11.8. The van der Waals surface area contributed by atoms with Gasteiger partial charge in [-0.25, -0.2) is 4.98 Å². The summed E-state index contributed by atoms with van der Waals surface area (Å²) in [4.78, 5) is 81.2. The van der Waals surface area contributed by atoms with Crippen molar-refractivity contribution in [2.75, 3.05) is 19.6 Å². The summed E-state index contributed by atoms with van der Waals surface area (Å²) in [6.07, 6.45) is 5.32. The molecule has 0 radical (unpaired) electrons. The standard InChI is InChI=1S/C34H43N11O5/c1-21(46)42-28(16-24-18-38-20-41-24)32(49)44-29(14-22-8-3-2-4-9-22)33(50)45(13-7-12-39-34(36)37)19-30(47)43-27(31(35)48)15-23-17-40-26-11-6-5-10-25(23)26/h2-6,8-11,17-18,20,27-29,40H,7,12-16,19H2,1H3,(H2,35,48)(H,38,41)(H,42,46)(H,43,47)(H,44,49)(H4,36,37,39)/t27-,28-,29-/m0/s1. The number of hydrogen-bond acceptors (Lipinski definition) is 7. The number of nitrogens with zero attached hydrogens (tertiary/aromatic N) is 3. The van der Waals surface area contributed by atoms with Gasteiger partial charge in [0, 0.05) is 68.3 Å². The number of carbonyl (C=O) groups excluding carboxylic acids is 5. The Balaban J connectivity index is 1.56.